The van der Waals surface area contributed by atoms with Gasteiger partial charge < -0.3 is 9.47 Å². The molecular weight excluding hydrogens is 306 g/mol. The Hall–Kier alpha value is -2.30. The standard InChI is InChI=1S/C19H21NO4/c1-23-14-6-3-11(9-15(14)24-2)7-8-20-18(21)16-12-4-5-13(10-12)17(16)19(20)22/h3-6,9,12-13,16-17H,7-8,10H2,1-2H3/t12-,13+,16-,17+. The van der Waals surface area contributed by atoms with Crippen LogP contribution in [0.15, 0.2) is 30.4 Å². The summed E-state index contributed by atoms with van der Waals surface area (Å²) in [6.07, 6.45) is 5.83. The van der Waals surface area contributed by atoms with Gasteiger partial charge in [-0.3, -0.25) is 14.5 Å². The molecule has 1 aromatic carbocycles. The molecule has 0 spiro atoms. The van der Waals surface area contributed by atoms with Crippen molar-refractivity contribution in [1.82, 2.24) is 4.90 Å². The van der Waals surface area contributed by atoms with E-state index in [9.17, 15) is 9.59 Å². The summed E-state index contributed by atoms with van der Waals surface area (Å²) in [7, 11) is 3.19. The quantitative estimate of drug-likeness (QED) is 0.613. The molecule has 2 bridgehead atoms. The average Bonchev–Trinajstić information content (AvgIpc) is 3.27. The molecule has 0 unspecified atom stereocenters. The number of hydrogen-bond acceptors (Lipinski definition) is 4. The van der Waals surface area contributed by atoms with Gasteiger partial charge in [-0.15, -0.1) is 0 Å². The maximum atomic E-state index is 12.7. The Bertz CT molecular complexity index is 696. The van der Waals surface area contributed by atoms with Gasteiger partial charge in [-0.05, 0) is 42.4 Å². The molecule has 2 amide bonds. The molecule has 2 aliphatic carbocycles. The number of carbonyl (C=O) groups excluding carboxylic acids is 2. The lowest BCUT2D eigenvalue weighted by atomic mass is 9.85. The Morgan fingerprint density at radius 1 is 1.00 bits per heavy atom. The minimum Gasteiger partial charge on any atom is -0.493 e. The molecular formula is C19H21NO4. The first-order valence-corrected chi connectivity index (χ1v) is 8.38. The zero-order valence-corrected chi connectivity index (χ0v) is 13.9. The summed E-state index contributed by atoms with van der Waals surface area (Å²) in [6.45, 7) is 0.430. The molecule has 1 aliphatic heterocycles. The number of amides is 2. The molecule has 3 aliphatic rings. The van der Waals surface area contributed by atoms with E-state index in [-0.39, 0.29) is 35.5 Å². The Balaban J connectivity index is 1.47. The van der Waals surface area contributed by atoms with E-state index < -0.39 is 0 Å². The smallest absolute Gasteiger partial charge is 0.233 e. The van der Waals surface area contributed by atoms with Crippen LogP contribution >= 0.6 is 0 Å². The van der Waals surface area contributed by atoms with Crippen molar-refractivity contribution in [1.29, 1.82) is 0 Å². The van der Waals surface area contributed by atoms with Crippen molar-refractivity contribution in [2.75, 3.05) is 20.8 Å². The third kappa shape index (κ3) is 2.14. The summed E-state index contributed by atoms with van der Waals surface area (Å²) in [4.78, 5) is 26.8. The fourth-order valence-corrected chi connectivity index (χ4v) is 4.46. The largest absolute Gasteiger partial charge is 0.493 e. The molecule has 4 rings (SSSR count). The highest BCUT2D eigenvalue weighted by atomic mass is 16.5. The van der Waals surface area contributed by atoms with Crippen LogP contribution in [-0.4, -0.2) is 37.5 Å². The first kappa shape index (κ1) is 15.2. The third-order valence-corrected chi connectivity index (χ3v) is 5.63. The van der Waals surface area contributed by atoms with Gasteiger partial charge in [0.1, 0.15) is 0 Å². The Kier molecular flexibility index (Phi) is 3.59. The molecule has 0 N–H and O–H groups in total. The van der Waals surface area contributed by atoms with E-state index in [1.54, 1.807) is 14.2 Å². The number of hydrogen-bond donors (Lipinski definition) is 0. The molecule has 0 radical (unpaired) electrons. The van der Waals surface area contributed by atoms with E-state index in [4.69, 9.17) is 9.47 Å². The number of benzene rings is 1. The van der Waals surface area contributed by atoms with Crippen LogP contribution in [0, 0.1) is 23.7 Å². The van der Waals surface area contributed by atoms with E-state index in [1.807, 2.05) is 18.2 Å². The monoisotopic (exact) mass is 327 g/mol. The molecule has 1 aromatic rings. The van der Waals surface area contributed by atoms with Crippen LogP contribution in [0.5, 0.6) is 11.5 Å². The van der Waals surface area contributed by atoms with E-state index >= 15 is 0 Å². The van der Waals surface area contributed by atoms with Crippen molar-refractivity contribution in [3.05, 3.63) is 35.9 Å². The van der Waals surface area contributed by atoms with Crippen LogP contribution in [-0.2, 0) is 16.0 Å². The summed E-state index contributed by atoms with van der Waals surface area (Å²) >= 11 is 0. The molecule has 5 heteroatoms. The summed E-state index contributed by atoms with van der Waals surface area (Å²) in [6, 6.07) is 5.69. The molecule has 0 aromatic heterocycles. The Morgan fingerprint density at radius 2 is 1.62 bits per heavy atom. The van der Waals surface area contributed by atoms with Crippen molar-refractivity contribution in [2.45, 2.75) is 12.8 Å². The molecule has 1 heterocycles. The maximum absolute atomic E-state index is 12.7. The van der Waals surface area contributed by atoms with Crippen molar-refractivity contribution in [3.63, 3.8) is 0 Å². The molecule has 126 valence electrons. The Labute approximate surface area is 141 Å². The number of imide groups is 1. The number of carbonyl (C=O) groups is 2. The van der Waals surface area contributed by atoms with Gasteiger partial charge in [0.05, 0.1) is 26.1 Å². The lowest BCUT2D eigenvalue weighted by molar-refractivity contribution is -0.140. The van der Waals surface area contributed by atoms with E-state index in [0.29, 0.717) is 24.5 Å². The van der Waals surface area contributed by atoms with Crippen LogP contribution in [0.3, 0.4) is 0 Å². The van der Waals surface area contributed by atoms with Gasteiger partial charge in [0.2, 0.25) is 11.8 Å². The zero-order chi connectivity index (χ0) is 16.8. The molecule has 1 saturated heterocycles. The van der Waals surface area contributed by atoms with Crippen LogP contribution in [0.4, 0.5) is 0 Å². The molecule has 24 heavy (non-hydrogen) atoms. The van der Waals surface area contributed by atoms with Gasteiger partial charge in [0, 0.05) is 6.54 Å². The zero-order valence-electron chi connectivity index (χ0n) is 13.9. The second-order valence-electron chi connectivity index (χ2n) is 6.77. The molecule has 4 atom stereocenters. The van der Waals surface area contributed by atoms with E-state index in [2.05, 4.69) is 12.2 Å². The van der Waals surface area contributed by atoms with Crippen molar-refractivity contribution < 1.29 is 19.1 Å². The predicted octanol–water partition coefficient (Wildman–Crippen LogP) is 2.05. The van der Waals surface area contributed by atoms with Gasteiger partial charge in [-0.1, -0.05) is 18.2 Å². The van der Waals surface area contributed by atoms with Gasteiger partial charge in [0.25, 0.3) is 0 Å². The number of allylic oxidation sites excluding steroid dienone is 2. The fraction of sp³-hybridized carbons (Fsp3) is 0.474. The average molecular weight is 327 g/mol. The third-order valence-electron chi connectivity index (χ3n) is 5.63. The number of likely N-dealkylation sites (tertiary alicyclic amines) is 1. The summed E-state index contributed by atoms with van der Waals surface area (Å²) in [5.41, 5.74) is 1.02. The van der Waals surface area contributed by atoms with Gasteiger partial charge in [0.15, 0.2) is 11.5 Å². The summed E-state index contributed by atoms with van der Waals surface area (Å²) in [5, 5.41) is 0. The van der Waals surface area contributed by atoms with Gasteiger partial charge in [-0.2, -0.15) is 0 Å². The van der Waals surface area contributed by atoms with Crippen LogP contribution in [0.1, 0.15) is 12.0 Å². The maximum Gasteiger partial charge on any atom is 0.233 e. The molecule has 1 saturated carbocycles. The van der Waals surface area contributed by atoms with E-state index in [0.717, 1.165) is 12.0 Å². The minimum atomic E-state index is -0.113. The lowest BCUT2D eigenvalue weighted by Gasteiger charge is -2.17. The molecule has 2 fully saturated rings. The SMILES string of the molecule is COc1ccc(CCN2C(=O)[C@@H]3[C@H](C2=O)[C@@H]2C=C[C@H]3C2)cc1OC. The number of fused-ring (bicyclic) bond motifs is 5. The first-order valence-electron chi connectivity index (χ1n) is 8.38. The van der Waals surface area contributed by atoms with Crippen LogP contribution < -0.4 is 9.47 Å². The number of ether oxygens (including phenoxy) is 2. The fourth-order valence-electron chi connectivity index (χ4n) is 4.46. The highest BCUT2D eigenvalue weighted by Crippen LogP contribution is 2.52. The van der Waals surface area contributed by atoms with Crippen LogP contribution in [0.2, 0.25) is 0 Å². The number of nitrogens with zero attached hydrogens (tertiary/aromatic N) is 1. The van der Waals surface area contributed by atoms with Crippen molar-refractivity contribution >= 4 is 11.8 Å². The summed E-state index contributed by atoms with van der Waals surface area (Å²) < 4.78 is 10.5. The summed E-state index contributed by atoms with van der Waals surface area (Å²) in [5.74, 6) is 1.67. The second-order valence-corrected chi connectivity index (χ2v) is 6.77. The highest BCUT2D eigenvalue weighted by molar-refractivity contribution is 6.06. The molecule has 5 nitrogen and oxygen atoms in total. The lowest BCUT2D eigenvalue weighted by Crippen LogP contribution is -2.34. The highest BCUT2D eigenvalue weighted by Gasteiger charge is 2.58. The topological polar surface area (TPSA) is 55.8 Å². The number of rotatable bonds is 5. The van der Waals surface area contributed by atoms with Crippen molar-refractivity contribution in [3.8, 4) is 11.5 Å². The van der Waals surface area contributed by atoms with E-state index in [1.165, 1.54) is 4.90 Å². The second kappa shape index (κ2) is 5.65. The number of methoxy groups -OCH3 is 2. The normalized spacial score (nSPS) is 30.2. The van der Waals surface area contributed by atoms with Crippen molar-refractivity contribution in [2.24, 2.45) is 23.7 Å². The Morgan fingerprint density at radius 3 is 2.21 bits per heavy atom. The predicted molar refractivity (Wildman–Crippen MR) is 87.7 cm³/mol. The van der Waals surface area contributed by atoms with Gasteiger partial charge >= 0.3 is 0 Å². The minimum absolute atomic E-state index is 0.0160. The van der Waals surface area contributed by atoms with Gasteiger partial charge in [-0.25, -0.2) is 0 Å². The first-order chi connectivity index (χ1) is 11.6. The van der Waals surface area contributed by atoms with Crippen LogP contribution in [0.25, 0.3) is 0 Å².